The van der Waals surface area contributed by atoms with E-state index in [0.29, 0.717) is 11.0 Å². The van der Waals surface area contributed by atoms with Crippen LogP contribution in [0.25, 0.3) is 100 Å². The molecule has 5 nitrogen and oxygen atoms in total. The van der Waals surface area contributed by atoms with Gasteiger partial charge in [0, 0.05) is 38.4 Å². The minimum atomic E-state index is -0.776. The lowest BCUT2D eigenvalue weighted by atomic mass is 10.0. The van der Waals surface area contributed by atoms with E-state index in [4.69, 9.17) is 26.4 Å². The Kier molecular flexibility index (Phi) is 4.83. The predicted molar refractivity (Wildman–Crippen MR) is 230 cm³/mol. The molecule has 8 aromatic carbocycles. The average Bonchev–Trinajstić information content (AvgIpc) is 3.90. The van der Waals surface area contributed by atoms with Crippen LogP contribution in [0.4, 0.5) is 0 Å². The van der Waals surface area contributed by atoms with E-state index >= 15 is 0 Å². The van der Waals surface area contributed by atoms with E-state index in [9.17, 15) is 2.74 Å². The van der Waals surface area contributed by atoms with Crippen LogP contribution in [0, 0.1) is 0 Å². The van der Waals surface area contributed by atoms with E-state index < -0.39 is 118 Å². The molecule has 5 heteroatoms. The molecule has 0 atom stereocenters. The molecule has 56 heavy (non-hydrogen) atoms. The highest BCUT2D eigenvalue weighted by molar-refractivity contribution is 6.26. The normalized spacial score (nSPS) is 15.1. The topological polar surface area (TPSA) is 48.5 Å². The van der Waals surface area contributed by atoms with Crippen LogP contribution in [0.2, 0.25) is 0 Å². The maximum Gasteiger partial charge on any atom is 0.238 e. The third-order valence-corrected chi connectivity index (χ3v) is 9.83. The average molecular weight is 730 g/mol. The summed E-state index contributed by atoms with van der Waals surface area (Å²) in [6.07, 6.45) is 0. The van der Waals surface area contributed by atoms with E-state index in [1.807, 2.05) is 109 Å². The van der Waals surface area contributed by atoms with Gasteiger partial charge in [-0.05, 0) is 58.6 Å². The Morgan fingerprint density at radius 1 is 0.393 bits per heavy atom. The fourth-order valence-electron chi connectivity index (χ4n) is 7.46. The first kappa shape index (κ1) is 20.7. The molecule has 0 radical (unpaired) electrons. The van der Waals surface area contributed by atoms with Gasteiger partial charge < -0.3 is 4.57 Å². The summed E-state index contributed by atoms with van der Waals surface area (Å²) in [7, 11) is 0. The van der Waals surface area contributed by atoms with E-state index in [1.54, 1.807) is 4.57 Å². The molecular formula is C51H33N5. The second kappa shape index (κ2) is 13.0. The van der Waals surface area contributed by atoms with Gasteiger partial charge in [-0.25, -0.2) is 4.98 Å². The molecule has 0 fully saturated rings. The van der Waals surface area contributed by atoms with Gasteiger partial charge in [-0.2, -0.15) is 9.97 Å². The van der Waals surface area contributed by atoms with E-state index in [2.05, 4.69) is 15.6 Å². The van der Waals surface area contributed by atoms with Crippen molar-refractivity contribution < 1.29 is 19.2 Å². The van der Waals surface area contributed by atoms with Crippen LogP contribution in [0.1, 0.15) is 19.2 Å². The highest BCUT2D eigenvalue weighted by Gasteiger charge is 2.23. The molecular weight excluding hydrogens is 683 g/mol. The first-order valence-corrected chi connectivity index (χ1v) is 17.7. The van der Waals surface area contributed by atoms with Gasteiger partial charge in [-0.1, -0.05) is 163 Å². The molecule has 0 spiro atoms. The Morgan fingerprint density at radius 2 is 1.02 bits per heavy atom. The maximum atomic E-state index is 9.58. The van der Waals surface area contributed by atoms with Crippen molar-refractivity contribution in [3.05, 3.63) is 200 Å². The van der Waals surface area contributed by atoms with E-state index in [0.717, 1.165) is 49.4 Å². The Labute approximate surface area is 343 Å². The fraction of sp³-hybridized carbons (Fsp3) is 0. The van der Waals surface area contributed by atoms with Crippen molar-refractivity contribution in [2.75, 3.05) is 0 Å². The predicted octanol–water partition coefficient (Wildman–Crippen LogP) is 12.7. The van der Waals surface area contributed by atoms with Crippen LogP contribution in [-0.2, 0) is 0 Å². The molecule has 11 aromatic rings. The van der Waals surface area contributed by atoms with Crippen LogP contribution in [-0.4, -0.2) is 24.1 Å². The Morgan fingerprint density at radius 3 is 1.80 bits per heavy atom. The number of para-hydroxylation sites is 2. The number of hydrogen-bond donors (Lipinski definition) is 0. The molecule has 0 bridgehead atoms. The van der Waals surface area contributed by atoms with Gasteiger partial charge in [0.05, 0.1) is 41.3 Å². The number of benzene rings is 8. The standard InChI is InChI=1S/C51H33N5/c1-4-16-34(17-5-1)37-22-14-24-39(32-37)50-52-49(36-20-8-3-9-21-36)53-51(54-50)56-44-28-12-10-26-41(44)42-30-31-46-47(48(42)56)43-27-11-13-29-45(43)55(46)40-25-15-23-38(33-40)35-18-6-2-7-19-35/h1-33H/i1D,3D,4D,5D,8D,9D,14D,16D,17D,20D,21D,22D,24D,32D. The van der Waals surface area contributed by atoms with Gasteiger partial charge in [-0.3, -0.25) is 4.57 Å². The van der Waals surface area contributed by atoms with Gasteiger partial charge >= 0.3 is 0 Å². The first-order chi connectivity index (χ1) is 33.6. The Hall–Kier alpha value is -7.63. The third-order valence-electron chi connectivity index (χ3n) is 9.83. The number of aromatic nitrogens is 5. The van der Waals surface area contributed by atoms with Crippen LogP contribution in [0.15, 0.2) is 200 Å². The maximum absolute atomic E-state index is 9.58. The quantitative estimate of drug-likeness (QED) is 0.171. The van der Waals surface area contributed by atoms with E-state index in [1.165, 1.54) is 0 Å². The second-order valence-corrected chi connectivity index (χ2v) is 13.0. The first-order valence-electron chi connectivity index (χ1n) is 24.7. The molecule has 3 aromatic heterocycles. The number of rotatable bonds is 6. The van der Waals surface area contributed by atoms with Gasteiger partial charge in [0.25, 0.3) is 0 Å². The molecule has 262 valence electrons. The van der Waals surface area contributed by atoms with E-state index in [-0.39, 0.29) is 5.95 Å². The van der Waals surface area contributed by atoms with Gasteiger partial charge in [0.1, 0.15) is 0 Å². The second-order valence-electron chi connectivity index (χ2n) is 13.0. The largest absolute Gasteiger partial charge is 0.309 e. The number of nitrogens with zero attached hydrogens (tertiary/aromatic N) is 5. The summed E-state index contributed by atoms with van der Waals surface area (Å²) in [6.45, 7) is 0. The zero-order valence-corrected chi connectivity index (χ0v) is 29.2. The van der Waals surface area contributed by atoms with Crippen LogP contribution >= 0.6 is 0 Å². The lowest BCUT2D eigenvalue weighted by molar-refractivity contribution is 0.955. The Bertz CT molecular complexity index is 4020. The summed E-state index contributed by atoms with van der Waals surface area (Å²) in [5, 5.41) is 3.17. The van der Waals surface area contributed by atoms with Crippen molar-refractivity contribution in [2.45, 2.75) is 0 Å². The van der Waals surface area contributed by atoms with Crippen LogP contribution in [0.3, 0.4) is 0 Å². The molecule has 11 rings (SSSR count). The lowest BCUT2D eigenvalue weighted by Crippen LogP contribution is -2.06. The highest BCUT2D eigenvalue weighted by Crippen LogP contribution is 2.42. The lowest BCUT2D eigenvalue weighted by Gasteiger charge is -2.12. The molecule has 0 N–H and O–H groups in total. The zero-order chi connectivity index (χ0) is 49.2. The SMILES string of the molecule is [2H]c1c([2H])c([2H])c(-c2nc(-c3c([2H])c([2H])c([2H])c(-c4c([2H])c([2H])c([2H])c([2H])c4[2H])c3[2H])nc(-n3c4ccccc4c4ccc5c(c6ccccc6n5-c5cccc(-c6ccccc6)c5)c43)n2)c([2H])c1[2H]. The molecule has 0 amide bonds. The van der Waals surface area contributed by atoms with Crippen LogP contribution < -0.4 is 0 Å². The summed E-state index contributed by atoms with van der Waals surface area (Å²) >= 11 is 0. The van der Waals surface area contributed by atoms with Crippen molar-refractivity contribution in [1.82, 2.24) is 24.1 Å². The zero-order valence-electron chi connectivity index (χ0n) is 43.2. The summed E-state index contributed by atoms with van der Waals surface area (Å²) in [5.41, 5.74) is 3.76. The van der Waals surface area contributed by atoms with Crippen LogP contribution in [0.5, 0.6) is 0 Å². The molecule has 0 aliphatic rings. The summed E-state index contributed by atoms with van der Waals surface area (Å²) in [4.78, 5) is 14.4. The van der Waals surface area contributed by atoms with Crippen molar-refractivity contribution in [1.29, 1.82) is 0 Å². The molecule has 0 aliphatic heterocycles. The molecule has 0 aliphatic carbocycles. The fourth-order valence-corrected chi connectivity index (χ4v) is 7.46. The van der Waals surface area contributed by atoms with Gasteiger partial charge in [-0.15, -0.1) is 0 Å². The summed E-state index contributed by atoms with van der Waals surface area (Å²) in [6, 6.07) is 27.6. The minimum absolute atomic E-state index is 0.168. The minimum Gasteiger partial charge on any atom is -0.309 e. The van der Waals surface area contributed by atoms with Crippen molar-refractivity contribution in [3.8, 4) is 56.7 Å². The smallest absolute Gasteiger partial charge is 0.238 e. The summed E-state index contributed by atoms with van der Waals surface area (Å²) in [5.74, 6) is -1.10. The van der Waals surface area contributed by atoms with Crippen molar-refractivity contribution in [3.63, 3.8) is 0 Å². The molecule has 0 saturated carbocycles. The monoisotopic (exact) mass is 729 g/mol. The Balaban J connectivity index is 1.28. The molecule has 0 unspecified atom stereocenters. The highest BCUT2D eigenvalue weighted by atomic mass is 15.2. The third kappa shape index (κ3) is 5.21. The molecule has 3 heterocycles. The molecule has 0 saturated heterocycles. The van der Waals surface area contributed by atoms with Crippen molar-refractivity contribution in [2.24, 2.45) is 0 Å². The van der Waals surface area contributed by atoms with Gasteiger partial charge in [0.15, 0.2) is 11.6 Å². The summed E-state index contributed by atoms with van der Waals surface area (Å²) < 4.78 is 126. The van der Waals surface area contributed by atoms with Gasteiger partial charge in [0.2, 0.25) is 5.95 Å². The van der Waals surface area contributed by atoms with Crippen molar-refractivity contribution >= 4 is 43.6 Å². The number of fused-ring (bicyclic) bond motifs is 7. The number of hydrogen-bond acceptors (Lipinski definition) is 3.